The number of ether oxygens (including phenoxy) is 1. The van der Waals surface area contributed by atoms with Crippen LogP contribution in [0.5, 0.6) is 0 Å². The van der Waals surface area contributed by atoms with E-state index in [1.807, 2.05) is 20.8 Å². The van der Waals surface area contributed by atoms with Crippen molar-refractivity contribution in [3.63, 3.8) is 0 Å². The fourth-order valence-corrected chi connectivity index (χ4v) is 0.899. The van der Waals surface area contributed by atoms with Crippen molar-refractivity contribution in [2.45, 2.75) is 45.3 Å². The Hall–Kier alpha value is -0.770. The Morgan fingerprint density at radius 1 is 1.58 bits per heavy atom. The standard InChI is InChI=1S/C8H18N2O2/c1-6(9)4-5-8(2,3)12-7(10)11/h6H,4-5,9H2,1-3H3,(H2,10,11). The maximum Gasteiger partial charge on any atom is 0.405 e. The minimum atomic E-state index is -0.732. The summed E-state index contributed by atoms with van der Waals surface area (Å²) in [6.45, 7) is 5.56. The van der Waals surface area contributed by atoms with Crippen LogP contribution in [0.1, 0.15) is 33.6 Å². The van der Waals surface area contributed by atoms with Gasteiger partial charge in [0.2, 0.25) is 0 Å². The molecule has 4 N–H and O–H groups in total. The van der Waals surface area contributed by atoms with E-state index in [0.29, 0.717) is 0 Å². The molecule has 0 aliphatic heterocycles. The van der Waals surface area contributed by atoms with Crippen LogP contribution in [0.2, 0.25) is 0 Å². The Bertz CT molecular complexity index is 155. The fraction of sp³-hybridized carbons (Fsp3) is 0.875. The summed E-state index contributed by atoms with van der Waals surface area (Å²) < 4.78 is 4.87. The van der Waals surface area contributed by atoms with E-state index >= 15 is 0 Å². The van der Waals surface area contributed by atoms with Gasteiger partial charge in [-0.15, -0.1) is 0 Å². The maximum absolute atomic E-state index is 10.4. The summed E-state index contributed by atoms with van der Waals surface area (Å²) in [5.74, 6) is 0. The molecule has 1 unspecified atom stereocenters. The summed E-state index contributed by atoms with van der Waals surface area (Å²) >= 11 is 0. The predicted octanol–water partition coefficient (Wildman–Crippen LogP) is 0.988. The minimum absolute atomic E-state index is 0.126. The van der Waals surface area contributed by atoms with Gasteiger partial charge in [0.1, 0.15) is 5.60 Å². The molecule has 1 atom stereocenters. The quantitative estimate of drug-likeness (QED) is 0.667. The first-order chi connectivity index (χ1) is 5.33. The van der Waals surface area contributed by atoms with Gasteiger partial charge in [0.25, 0.3) is 0 Å². The second-order valence-electron chi connectivity index (χ2n) is 3.70. The molecule has 0 aliphatic rings. The molecule has 0 saturated heterocycles. The van der Waals surface area contributed by atoms with Crippen molar-refractivity contribution in [2.75, 3.05) is 0 Å². The molecule has 4 nitrogen and oxygen atoms in total. The molecule has 0 aromatic heterocycles. The van der Waals surface area contributed by atoms with Crippen LogP contribution in [0.3, 0.4) is 0 Å². The third-order valence-corrected chi connectivity index (χ3v) is 1.58. The first kappa shape index (κ1) is 11.2. The van der Waals surface area contributed by atoms with Crippen molar-refractivity contribution in [1.29, 1.82) is 0 Å². The number of nitrogens with two attached hydrogens (primary N) is 2. The van der Waals surface area contributed by atoms with E-state index < -0.39 is 11.7 Å². The van der Waals surface area contributed by atoms with E-state index in [1.54, 1.807) is 0 Å². The van der Waals surface area contributed by atoms with Crippen LogP contribution in [0.4, 0.5) is 4.79 Å². The van der Waals surface area contributed by atoms with Crippen LogP contribution < -0.4 is 11.5 Å². The van der Waals surface area contributed by atoms with Gasteiger partial charge in [-0.3, -0.25) is 0 Å². The highest BCUT2D eigenvalue weighted by Gasteiger charge is 2.21. The summed E-state index contributed by atoms with van der Waals surface area (Å²) in [5.41, 5.74) is 9.95. The Morgan fingerprint density at radius 3 is 2.42 bits per heavy atom. The topological polar surface area (TPSA) is 78.3 Å². The van der Waals surface area contributed by atoms with Gasteiger partial charge < -0.3 is 16.2 Å². The fourth-order valence-electron chi connectivity index (χ4n) is 0.899. The molecule has 0 aromatic rings. The van der Waals surface area contributed by atoms with Crippen LogP contribution >= 0.6 is 0 Å². The first-order valence-electron chi connectivity index (χ1n) is 4.07. The summed E-state index contributed by atoms with van der Waals surface area (Å²) in [6.07, 6.45) is 0.818. The van der Waals surface area contributed by atoms with Crippen molar-refractivity contribution in [3.05, 3.63) is 0 Å². The van der Waals surface area contributed by atoms with E-state index in [0.717, 1.165) is 12.8 Å². The van der Waals surface area contributed by atoms with E-state index in [-0.39, 0.29) is 6.04 Å². The summed E-state index contributed by atoms with van der Waals surface area (Å²) in [4.78, 5) is 10.4. The molecule has 12 heavy (non-hydrogen) atoms. The summed E-state index contributed by atoms with van der Waals surface area (Å²) in [5, 5.41) is 0. The summed E-state index contributed by atoms with van der Waals surface area (Å²) in [6, 6.07) is 0.126. The van der Waals surface area contributed by atoms with Gasteiger partial charge in [0.15, 0.2) is 0 Å². The smallest absolute Gasteiger partial charge is 0.405 e. The monoisotopic (exact) mass is 174 g/mol. The zero-order valence-electron chi connectivity index (χ0n) is 7.96. The highest BCUT2D eigenvalue weighted by molar-refractivity contribution is 5.65. The normalized spacial score (nSPS) is 14.0. The van der Waals surface area contributed by atoms with E-state index in [4.69, 9.17) is 16.2 Å². The van der Waals surface area contributed by atoms with Gasteiger partial charge in [-0.2, -0.15) is 0 Å². The molecule has 0 aromatic carbocycles. The second kappa shape index (κ2) is 4.30. The highest BCUT2D eigenvalue weighted by atomic mass is 16.6. The average Bonchev–Trinajstić information content (AvgIpc) is 1.81. The number of hydrogen-bond donors (Lipinski definition) is 2. The Morgan fingerprint density at radius 2 is 2.08 bits per heavy atom. The molecule has 0 rings (SSSR count). The van der Waals surface area contributed by atoms with Gasteiger partial charge in [-0.05, 0) is 33.6 Å². The molecular formula is C8H18N2O2. The molecule has 0 fully saturated rings. The number of hydrogen-bond acceptors (Lipinski definition) is 3. The molecule has 1 amide bonds. The predicted molar refractivity (Wildman–Crippen MR) is 47.6 cm³/mol. The molecular weight excluding hydrogens is 156 g/mol. The molecule has 0 bridgehead atoms. The second-order valence-corrected chi connectivity index (χ2v) is 3.70. The molecule has 0 aliphatic carbocycles. The molecule has 0 radical (unpaired) electrons. The lowest BCUT2D eigenvalue weighted by Gasteiger charge is -2.24. The lowest BCUT2D eigenvalue weighted by atomic mass is 10.00. The highest BCUT2D eigenvalue weighted by Crippen LogP contribution is 2.17. The van der Waals surface area contributed by atoms with E-state index in [2.05, 4.69) is 0 Å². The van der Waals surface area contributed by atoms with Gasteiger partial charge >= 0.3 is 6.09 Å². The third kappa shape index (κ3) is 5.97. The maximum atomic E-state index is 10.4. The SMILES string of the molecule is CC(N)CCC(C)(C)OC(N)=O. The van der Waals surface area contributed by atoms with Gasteiger partial charge in [0.05, 0.1) is 0 Å². The number of amides is 1. The van der Waals surface area contributed by atoms with Crippen molar-refractivity contribution in [3.8, 4) is 0 Å². The number of primary amides is 1. The lowest BCUT2D eigenvalue weighted by molar-refractivity contribution is 0.0366. The van der Waals surface area contributed by atoms with Gasteiger partial charge in [0, 0.05) is 6.04 Å². The van der Waals surface area contributed by atoms with Crippen LogP contribution in [-0.4, -0.2) is 17.7 Å². The number of carbonyl (C=O) groups is 1. The molecule has 0 heterocycles. The molecule has 4 heteroatoms. The average molecular weight is 174 g/mol. The van der Waals surface area contributed by atoms with Gasteiger partial charge in [-0.1, -0.05) is 0 Å². The van der Waals surface area contributed by atoms with Crippen LogP contribution in [-0.2, 0) is 4.74 Å². The van der Waals surface area contributed by atoms with Crippen molar-refractivity contribution in [1.82, 2.24) is 0 Å². The number of carbonyl (C=O) groups excluding carboxylic acids is 1. The Labute approximate surface area is 73.2 Å². The van der Waals surface area contributed by atoms with Crippen LogP contribution in [0.25, 0.3) is 0 Å². The van der Waals surface area contributed by atoms with Crippen molar-refractivity contribution < 1.29 is 9.53 Å². The molecule has 72 valence electrons. The zero-order chi connectivity index (χ0) is 9.78. The van der Waals surface area contributed by atoms with Gasteiger partial charge in [-0.25, -0.2) is 4.79 Å². The van der Waals surface area contributed by atoms with E-state index in [9.17, 15) is 4.79 Å². The molecule has 0 saturated carbocycles. The van der Waals surface area contributed by atoms with Crippen molar-refractivity contribution in [2.24, 2.45) is 11.5 Å². The molecule has 0 spiro atoms. The third-order valence-electron chi connectivity index (χ3n) is 1.58. The number of rotatable bonds is 4. The lowest BCUT2D eigenvalue weighted by Crippen LogP contribution is -2.32. The Balaban J connectivity index is 3.78. The zero-order valence-corrected chi connectivity index (χ0v) is 7.96. The minimum Gasteiger partial charge on any atom is -0.444 e. The summed E-state index contributed by atoms with van der Waals surface area (Å²) in [7, 11) is 0. The largest absolute Gasteiger partial charge is 0.444 e. The van der Waals surface area contributed by atoms with E-state index in [1.165, 1.54) is 0 Å². The Kier molecular flexibility index (Phi) is 4.03. The van der Waals surface area contributed by atoms with Crippen LogP contribution in [0.15, 0.2) is 0 Å². The van der Waals surface area contributed by atoms with Crippen LogP contribution in [0, 0.1) is 0 Å². The van der Waals surface area contributed by atoms with Crippen molar-refractivity contribution >= 4 is 6.09 Å². The first-order valence-corrected chi connectivity index (χ1v) is 4.07.